The van der Waals surface area contributed by atoms with Gasteiger partial charge in [0.1, 0.15) is 41.0 Å². The average molecular weight is 1020 g/mol. The maximum atomic E-state index is 15.8. The van der Waals surface area contributed by atoms with Crippen molar-refractivity contribution in [2.75, 3.05) is 0 Å². The average Bonchev–Trinajstić information content (AvgIpc) is 3.83. The third kappa shape index (κ3) is 10.5. The molecule has 2 nitrogen and oxygen atoms in total. The molecule has 5 aromatic rings. The first-order valence-corrected chi connectivity index (χ1v) is 18.8. The van der Waals surface area contributed by atoms with Crippen LogP contribution in [0.1, 0.15) is 25.0 Å². The van der Waals surface area contributed by atoms with E-state index >= 15 is 26.3 Å². The fourth-order valence-electron chi connectivity index (χ4n) is 7.28. The molecule has 3 aliphatic rings. The van der Waals surface area contributed by atoms with Crippen molar-refractivity contribution < 1.29 is 92.1 Å². The van der Waals surface area contributed by atoms with Crippen molar-refractivity contribution in [2.24, 2.45) is 0 Å². The monoisotopic (exact) mass is 1020 g/mol. The molecule has 0 unspecified atom stereocenters. The van der Waals surface area contributed by atoms with Crippen molar-refractivity contribution in [1.82, 2.24) is 0 Å². The van der Waals surface area contributed by atoms with E-state index < -0.39 is 138 Å². The van der Waals surface area contributed by atoms with E-state index in [1.165, 1.54) is 30.3 Å². The molecule has 0 N–H and O–H groups in total. The summed E-state index contributed by atoms with van der Waals surface area (Å²) in [5, 5.41) is 19.2. The van der Waals surface area contributed by atoms with Gasteiger partial charge in [0, 0.05) is 0 Å². The van der Waals surface area contributed by atoms with Gasteiger partial charge in [-0.05, 0) is 95.8 Å². The van der Waals surface area contributed by atoms with E-state index in [-0.39, 0.29) is 31.8 Å². The Hall–Kier alpha value is -5.36. The fraction of sp³-hybridized carbons (Fsp3) is 0.0417. The first-order valence-electron chi connectivity index (χ1n) is 18.8. The molecule has 0 aromatic heterocycles. The van der Waals surface area contributed by atoms with Crippen LogP contribution < -0.4 is 16.4 Å². The Morgan fingerprint density at radius 3 is 0.940 bits per heavy atom. The minimum atomic E-state index is -5.89. The summed E-state index contributed by atoms with van der Waals surface area (Å²) in [7, 11) is 0. The van der Waals surface area contributed by atoms with Crippen molar-refractivity contribution in [3.8, 4) is 6.07 Å². The number of benzene rings is 5. The third-order valence-electron chi connectivity index (χ3n) is 10.2. The molecule has 2 fully saturated rings. The smallest absolute Gasteiger partial charge is 0.803 e. The molecule has 0 saturated heterocycles. The van der Waals surface area contributed by atoms with Crippen LogP contribution in [0.3, 0.4) is 0 Å². The van der Waals surface area contributed by atoms with Gasteiger partial charge < -0.3 is 5.41 Å². The molecule has 5 aromatic carbocycles. The maximum absolute atomic E-state index is 15.8. The second-order valence-corrected chi connectivity index (χ2v) is 14.0. The van der Waals surface area contributed by atoms with Crippen LogP contribution in [0.4, 0.5) is 65.9 Å². The van der Waals surface area contributed by atoms with E-state index in [2.05, 4.69) is 0 Å². The number of rotatable bonds is 6. The van der Waals surface area contributed by atoms with Gasteiger partial charge in [0.15, 0.2) is 52.4 Å². The fourth-order valence-corrected chi connectivity index (χ4v) is 7.28. The Balaban J connectivity index is 0.000000425. The van der Waals surface area contributed by atoms with Crippen molar-refractivity contribution >= 4 is 28.2 Å². The molecular formula is C48H26BF15N2Zr. The van der Waals surface area contributed by atoms with E-state index in [4.69, 9.17) is 5.26 Å². The Kier molecular flexibility index (Phi) is 18.7. The molecule has 8 rings (SSSR count). The zero-order chi connectivity index (χ0) is 48.8. The molecule has 0 heterocycles. The van der Waals surface area contributed by atoms with Crippen LogP contribution in [-0.4, -0.2) is 11.9 Å². The van der Waals surface area contributed by atoms with Crippen molar-refractivity contribution in [1.29, 1.82) is 5.26 Å². The number of halogens is 15. The third-order valence-corrected chi connectivity index (χ3v) is 10.2. The largest absolute Gasteiger partial charge is 2.00 e. The van der Waals surface area contributed by atoms with Crippen LogP contribution in [0.15, 0.2) is 82.9 Å². The van der Waals surface area contributed by atoms with Gasteiger partial charge >= 0.3 is 26.2 Å². The van der Waals surface area contributed by atoms with E-state index in [0.29, 0.717) is 5.56 Å². The standard InChI is InChI=1S/C31H11BF15N.C7H5N.2C5H5.Zr/c1-8-11(9(2)31(48)10-6-4-3-5-7-10)12(8)32(13-16(33)22(39)28(45)23(40)17(13)34,14-18(35)24(41)29(46)25(42)19(14)36)15-20(37)26(43)30(47)27(44)21(15)38;8-6-7-4-2-1-3-5-7;2*1-2-4-5-3-1;/h3-7H,1-2H3;1-5H;2*1-5H;/q-2;;;;+2/b11-9+;;;;. The molecular weight excluding hydrogens is 992 g/mol. The van der Waals surface area contributed by atoms with Gasteiger partial charge in [0.2, 0.25) is 0 Å². The Labute approximate surface area is 394 Å². The summed E-state index contributed by atoms with van der Waals surface area (Å²) < 4.78 is 226. The molecule has 3 aliphatic carbocycles. The Morgan fingerprint density at radius 2 is 0.687 bits per heavy atom. The maximum Gasteiger partial charge on any atom is 2.00 e. The predicted molar refractivity (Wildman–Crippen MR) is 217 cm³/mol. The van der Waals surface area contributed by atoms with Gasteiger partial charge in [0.05, 0.1) is 11.6 Å². The topological polar surface area (TPSA) is 46.1 Å². The number of hydrogen-bond acceptors (Lipinski definition) is 1. The minimum absolute atomic E-state index is 0. The summed E-state index contributed by atoms with van der Waals surface area (Å²) in [4.78, 5) is 0. The van der Waals surface area contributed by atoms with E-state index in [0.717, 1.165) is 13.8 Å². The van der Waals surface area contributed by atoms with Gasteiger partial charge in [-0.25, -0.2) is 65.9 Å². The first kappa shape index (κ1) is 54.2. The van der Waals surface area contributed by atoms with Crippen LogP contribution in [0.25, 0.3) is 5.41 Å². The van der Waals surface area contributed by atoms with E-state index in [9.17, 15) is 44.9 Å². The van der Waals surface area contributed by atoms with E-state index in [1.807, 2.05) is 88.5 Å². The summed E-state index contributed by atoms with van der Waals surface area (Å²) >= 11 is 0. The number of allylic oxidation sites excluding steroid dienone is 4. The molecule has 0 amide bonds. The van der Waals surface area contributed by atoms with Crippen LogP contribution in [-0.2, 0) is 26.2 Å². The summed E-state index contributed by atoms with van der Waals surface area (Å²) in [6.45, 7) is 1.72. The van der Waals surface area contributed by atoms with Crippen molar-refractivity contribution in [3.63, 3.8) is 0 Å². The van der Waals surface area contributed by atoms with Gasteiger partial charge in [-0.3, -0.25) is 0 Å². The molecule has 10 radical (unpaired) electrons. The van der Waals surface area contributed by atoms with Crippen molar-refractivity contribution in [3.05, 3.63) is 251 Å². The van der Waals surface area contributed by atoms with Crippen LogP contribution in [0.2, 0.25) is 0 Å². The zero-order valence-electron chi connectivity index (χ0n) is 34.2. The molecule has 340 valence electrons. The second-order valence-electron chi connectivity index (χ2n) is 14.0. The Bertz CT molecular complexity index is 2480. The van der Waals surface area contributed by atoms with Gasteiger partial charge in [-0.15, -0.1) is 22.1 Å². The van der Waals surface area contributed by atoms with Gasteiger partial charge in [0.25, 0.3) is 0 Å². The summed E-state index contributed by atoms with van der Waals surface area (Å²) in [6, 6.07) is 17.8. The summed E-state index contributed by atoms with van der Waals surface area (Å²) in [5.74, 6) is -46.1. The van der Waals surface area contributed by atoms with Crippen LogP contribution in [0, 0.1) is 163 Å². The molecule has 67 heavy (non-hydrogen) atoms. The van der Waals surface area contributed by atoms with E-state index in [1.54, 1.807) is 12.1 Å². The minimum Gasteiger partial charge on any atom is -0.803 e. The summed E-state index contributed by atoms with van der Waals surface area (Å²) in [6.07, 6.45) is 14.1. The van der Waals surface area contributed by atoms with Gasteiger partial charge in [-0.2, -0.15) is 10.7 Å². The van der Waals surface area contributed by atoms with Gasteiger partial charge in [-0.1, -0.05) is 65.3 Å². The summed E-state index contributed by atoms with van der Waals surface area (Å²) in [5.41, 5.74) is -11.8. The number of hydrogen-bond donors (Lipinski definition) is 0. The molecule has 0 spiro atoms. The molecule has 0 atom stereocenters. The van der Waals surface area contributed by atoms with Crippen molar-refractivity contribution in [2.45, 2.75) is 13.8 Å². The molecule has 0 bridgehead atoms. The van der Waals surface area contributed by atoms with Crippen LogP contribution >= 0.6 is 0 Å². The predicted octanol–water partition coefficient (Wildman–Crippen LogP) is 11.1. The quantitative estimate of drug-likeness (QED) is 0.0550. The normalized spacial score (nSPS) is 14.7. The number of nitriles is 1. The first-order chi connectivity index (χ1) is 31.3. The molecule has 2 saturated carbocycles. The van der Waals surface area contributed by atoms with Crippen LogP contribution in [0.5, 0.6) is 0 Å². The molecule has 0 aliphatic heterocycles. The Morgan fingerprint density at radius 1 is 0.433 bits per heavy atom. The molecule has 19 heteroatoms. The SMILES string of the molecule is CC1=C([B-](c2c(F)c(F)c(F)c(F)c2F)(c2c(F)c(F)c(F)c(F)c2F)c2c(F)c(F)c(F)c(F)c2F)C/1=C(\C)C(=[N-])c1ccccc1.N#Cc1ccccc1.[CH]1[CH][CH][CH][CH]1.[CH]1[CH][CH][CH][CH]1.[Zr+2]. The second kappa shape index (κ2) is 23.1. The number of nitrogens with zero attached hydrogens (tertiary/aromatic N) is 2. The zero-order valence-corrected chi connectivity index (χ0v) is 36.6.